The summed E-state index contributed by atoms with van der Waals surface area (Å²) in [6.07, 6.45) is 1.25. The van der Waals surface area contributed by atoms with Gasteiger partial charge >= 0.3 is 5.97 Å². The zero-order valence-corrected chi connectivity index (χ0v) is 10.7. The molecule has 2 aromatic rings. The fourth-order valence-electron chi connectivity index (χ4n) is 1.59. The summed E-state index contributed by atoms with van der Waals surface area (Å²) in [6.45, 7) is 1.23. The summed E-state index contributed by atoms with van der Waals surface area (Å²) in [6, 6.07) is 6.71. The Morgan fingerprint density at radius 1 is 1.37 bits per heavy atom. The molecule has 2 N–H and O–H groups in total. The Morgan fingerprint density at radius 2 is 2.11 bits per heavy atom. The molecule has 98 valence electrons. The average Bonchev–Trinajstić information content (AvgIpc) is 2.68. The molecule has 0 fully saturated rings. The Labute approximate surface area is 113 Å². The first-order valence-corrected chi connectivity index (χ1v) is 5.75. The van der Waals surface area contributed by atoms with Crippen LogP contribution in [0.3, 0.4) is 0 Å². The number of nitrogens with one attached hydrogen (secondary N) is 1. The Balaban J connectivity index is 2.42. The lowest BCUT2D eigenvalue weighted by atomic mass is 10.2. The number of carbonyl (C=O) groups is 2. The van der Waals surface area contributed by atoms with Gasteiger partial charge in [0.25, 0.3) is 0 Å². The van der Waals surface area contributed by atoms with Crippen molar-refractivity contribution in [2.24, 2.45) is 0 Å². The molecule has 6 heteroatoms. The minimum Gasteiger partial charge on any atom is -0.477 e. The fourth-order valence-corrected chi connectivity index (χ4v) is 1.77. The van der Waals surface area contributed by atoms with Crippen LogP contribution in [0.2, 0.25) is 5.02 Å². The van der Waals surface area contributed by atoms with Crippen LogP contribution < -0.4 is 5.32 Å². The van der Waals surface area contributed by atoms with Crippen molar-refractivity contribution in [2.45, 2.75) is 6.92 Å². The number of carboxylic acids is 1. The molecule has 0 unspecified atom stereocenters. The topological polar surface area (TPSA) is 79.5 Å². The molecule has 0 saturated heterocycles. The molecule has 19 heavy (non-hydrogen) atoms. The first-order chi connectivity index (χ1) is 8.95. The molecule has 0 bridgehead atoms. The maximum atomic E-state index is 11.0. The zero-order valence-electron chi connectivity index (χ0n) is 9.94. The van der Waals surface area contributed by atoms with Crippen LogP contribution in [0.15, 0.2) is 34.4 Å². The van der Waals surface area contributed by atoms with Crippen molar-refractivity contribution in [3.05, 3.63) is 40.7 Å². The molecule has 0 aliphatic heterocycles. The molecule has 0 spiro atoms. The lowest BCUT2D eigenvalue weighted by Crippen LogP contribution is -2.24. The van der Waals surface area contributed by atoms with Crippen molar-refractivity contribution in [1.82, 2.24) is 5.32 Å². The molecular weight excluding hydrogens is 270 g/mol. The van der Waals surface area contributed by atoms with Crippen molar-refractivity contribution < 1.29 is 19.1 Å². The predicted molar refractivity (Wildman–Crippen MR) is 70.7 cm³/mol. The number of benzene rings is 1. The van der Waals surface area contributed by atoms with Gasteiger partial charge in [-0.25, -0.2) is 4.79 Å². The molecule has 2 rings (SSSR count). The minimum absolute atomic E-state index is 0.252. The summed E-state index contributed by atoms with van der Waals surface area (Å²) in [5.74, 6) is -1.38. The Hall–Kier alpha value is -2.27. The number of amides is 1. The van der Waals surface area contributed by atoms with Crippen molar-refractivity contribution in [1.29, 1.82) is 0 Å². The van der Waals surface area contributed by atoms with Gasteiger partial charge < -0.3 is 14.8 Å². The maximum Gasteiger partial charge on any atom is 0.352 e. The van der Waals surface area contributed by atoms with Crippen LogP contribution >= 0.6 is 11.6 Å². The average molecular weight is 280 g/mol. The van der Waals surface area contributed by atoms with Crippen LogP contribution in [0.4, 0.5) is 0 Å². The van der Waals surface area contributed by atoms with E-state index in [9.17, 15) is 9.59 Å². The first kappa shape index (κ1) is 13.2. The summed E-state index contributed by atoms with van der Waals surface area (Å²) in [7, 11) is 0. The number of carbonyl (C=O) groups excluding carboxylic acids is 1. The van der Waals surface area contributed by atoms with Gasteiger partial charge in [0.05, 0.1) is 0 Å². The molecule has 0 radical (unpaired) electrons. The zero-order chi connectivity index (χ0) is 14.0. The third-order valence-electron chi connectivity index (χ3n) is 2.33. The second-order valence-electron chi connectivity index (χ2n) is 3.88. The van der Waals surface area contributed by atoms with Crippen molar-refractivity contribution in [3.63, 3.8) is 0 Å². The standard InChI is InChI=1S/C13H10ClNO4/c1-7(16)15-11(13(17)18)6-10-5-8-4-9(14)2-3-12(8)19-10/h2-6H,1H3,(H,15,16)(H,17,18)/b11-6+. The molecule has 0 aliphatic carbocycles. The van der Waals surface area contributed by atoms with E-state index in [0.717, 1.165) is 5.39 Å². The van der Waals surface area contributed by atoms with Gasteiger partial charge in [-0.3, -0.25) is 4.79 Å². The van der Waals surface area contributed by atoms with Crippen LogP contribution in [-0.4, -0.2) is 17.0 Å². The highest BCUT2D eigenvalue weighted by Gasteiger charge is 2.11. The normalized spacial score (nSPS) is 11.6. The molecule has 1 heterocycles. The molecule has 1 amide bonds. The second-order valence-corrected chi connectivity index (χ2v) is 4.31. The van der Waals surface area contributed by atoms with Gasteiger partial charge in [-0.2, -0.15) is 0 Å². The number of carboxylic acid groups (broad SMARTS) is 1. The van der Waals surface area contributed by atoms with E-state index in [-0.39, 0.29) is 5.70 Å². The molecule has 0 aliphatic rings. The summed E-state index contributed by atoms with van der Waals surface area (Å²) < 4.78 is 5.44. The summed E-state index contributed by atoms with van der Waals surface area (Å²) in [5, 5.41) is 12.5. The van der Waals surface area contributed by atoms with Crippen LogP contribution in [0.25, 0.3) is 17.0 Å². The van der Waals surface area contributed by atoms with Crippen LogP contribution in [0.5, 0.6) is 0 Å². The maximum absolute atomic E-state index is 11.0. The Kier molecular flexibility index (Phi) is 3.57. The number of furan rings is 1. The third kappa shape index (κ3) is 3.14. The number of hydrogen-bond acceptors (Lipinski definition) is 3. The highest BCUT2D eigenvalue weighted by Crippen LogP contribution is 2.24. The van der Waals surface area contributed by atoms with Crippen LogP contribution in [0, 0.1) is 0 Å². The predicted octanol–water partition coefficient (Wildman–Crippen LogP) is 2.65. The van der Waals surface area contributed by atoms with Crippen LogP contribution in [-0.2, 0) is 9.59 Å². The van der Waals surface area contributed by atoms with Crippen molar-refractivity contribution in [3.8, 4) is 0 Å². The van der Waals surface area contributed by atoms with E-state index in [4.69, 9.17) is 21.1 Å². The quantitative estimate of drug-likeness (QED) is 0.847. The van der Waals surface area contributed by atoms with E-state index < -0.39 is 11.9 Å². The second kappa shape index (κ2) is 5.16. The molecule has 0 atom stereocenters. The van der Waals surface area contributed by atoms with E-state index in [1.54, 1.807) is 24.3 Å². The van der Waals surface area contributed by atoms with E-state index in [1.165, 1.54) is 13.0 Å². The van der Waals surface area contributed by atoms with Gasteiger partial charge in [0, 0.05) is 23.4 Å². The summed E-state index contributed by atoms with van der Waals surface area (Å²) >= 11 is 5.84. The Morgan fingerprint density at radius 3 is 2.74 bits per heavy atom. The minimum atomic E-state index is -1.24. The summed E-state index contributed by atoms with van der Waals surface area (Å²) in [4.78, 5) is 21.9. The highest BCUT2D eigenvalue weighted by molar-refractivity contribution is 6.31. The van der Waals surface area contributed by atoms with E-state index in [0.29, 0.717) is 16.4 Å². The largest absolute Gasteiger partial charge is 0.477 e. The first-order valence-electron chi connectivity index (χ1n) is 5.37. The van der Waals surface area contributed by atoms with Gasteiger partial charge in [-0.1, -0.05) is 11.6 Å². The summed E-state index contributed by atoms with van der Waals surface area (Å²) in [5.41, 5.74) is 0.334. The van der Waals surface area contributed by atoms with E-state index in [2.05, 4.69) is 5.32 Å². The number of halogens is 1. The van der Waals surface area contributed by atoms with Gasteiger partial charge in [0.15, 0.2) is 0 Å². The van der Waals surface area contributed by atoms with Crippen molar-refractivity contribution in [2.75, 3.05) is 0 Å². The van der Waals surface area contributed by atoms with Gasteiger partial charge in [0.2, 0.25) is 5.91 Å². The number of fused-ring (bicyclic) bond motifs is 1. The van der Waals surface area contributed by atoms with Gasteiger partial charge in [-0.15, -0.1) is 0 Å². The number of aliphatic carboxylic acids is 1. The molecule has 1 aromatic carbocycles. The lowest BCUT2D eigenvalue weighted by Gasteiger charge is -2.00. The number of rotatable bonds is 3. The fraction of sp³-hybridized carbons (Fsp3) is 0.0769. The lowest BCUT2D eigenvalue weighted by molar-refractivity contribution is -0.134. The van der Waals surface area contributed by atoms with E-state index in [1.807, 2.05) is 0 Å². The van der Waals surface area contributed by atoms with E-state index >= 15 is 0 Å². The third-order valence-corrected chi connectivity index (χ3v) is 2.56. The molecule has 1 aromatic heterocycles. The molecule has 5 nitrogen and oxygen atoms in total. The number of hydrogen-bond donors (Lipinski definition) is 2. The van der Waals surface area contributed by atoms with Gasteiger partial charge in [0.1, 0.15) is 17.0 Å². The van der Waals surface area contributed by atoms with Gasteiger partial charge in [-0.05, 0) is 24.3 Å². The van der Waals surface area contributed by atoms with Crippen LogP contribution in [0.1, 0.15) is 12.7 Å². The molecule has 0 saturated carbocycles. The monoisotopic (exact) mass is 279 g/mol. The van der Waals surface area contributed by atoms with Crippen molar-refractivity contribution >= 4 is 40.5 Å². The molecular formula is C13H10ClNO4. The smallest absolute Gasteiger partial charge is 0.352 e. The SMILES string of the molecule is CC(=O)N/C(=C/c1cc2cc(Cl)ccc2o1)C(=O)O. The Bertz CT molecular complexity index is 687. The highest BCUT2D eigenvalue weighted by atomic mass is 35.5.